The van der Waals surface area contributed by atoms with Gasteiger partial charge in [-0.1, -0.05) is 57.2 Å². The molecule has 3 aromatic rings. The second kappa shape index (κ2) is 6.72. The van der Waals surface area contributed by atoms with E-state index in [0.717, 1.165) is 24.6 Å². The molecular weight excluding hydrogens is 297 g/mol. The van der Waals surface area contributed by atoms with Gasteiger partial charge in [0.25, 0.3) is 0 Å². The summed E-state index contributed by atoms with van der Waals surface area (Å²) >= 11 is 0. The van der Waals surface area contributed by atoms with Crippen LogP contribution in [-0.4, -0.2) is 4.98 Å². The van der Waals surface area contributed by atoms with E-state index in [2.05, 4.69) is 50.0 Å². The maximum Gasteiger partial charge on any atom is 0.149 e. The van der Waals surface area contributed by atoms with Gasteiger partial charge in [-0.3, -0.25) is 4.98 Å². The number of rotatable bonds is 4. The summed E-state index contributed by atoms with van der Waals surface area (Å²) in [6.07, 6.45) is 4.72. The van der Waals surface area contributed by atoms with Crippen molar-refractivity contribution < 1.29 is 4.39 Å². The Morgan fingerprint density at radius 3 is 2.42 bits per heavy atom. The molecule has 0 aliphatic carbocycles. The number of halogens is 1. The summed E-state index contributed by atoms with van der Waals surface area (Å²) in [5, 5.41) is 0.932. The molecule has 124 valence electrons. The number of hydrogen-bond acceptors (Lipinski definition) is 1. The fourth-order valence-corrected chi connectivity index (χ4v) is 3.35. The first kappa shape index (κ1) is 16.6. The SMILES string of the molecule is CC(C)(C)c1ccccc1CCCc1ccnc2c(F)cccc12. The fraction of sp³-hybridized carbons (Fsp3) is 0.318. The Balaban J connectivity index is 1.78. The molecule has 0 aliphatic heterocycles. The van der Waals surface area contributed by atoms with Crippen molar-refractivity contribution in [2.24, 2.45) is 0 Å². The zero-order valence-electron chi connectivity index (χ0n) is 14.6. The number of pyridine rings is 1. The maximum absolute atomic E-state index is 13.9. The van der Waals surface area contributed by atoms with Gasteiger partial charge in [-0.05, 0) is 53.5 Å². The van der Waals surface area contributed by atoms with E-state index >= 15 is 0 Å². The number of para-hydroxylation sites is 1. The molecule has 0 atom stereocenters. The van der Waals surface area contributed by atoms with Gasteiger partial charge in [0.1, 0.15) is 11.3 Å². The molecule has 2 heteroatoms. The molecule has 1 aromatic heterocycles. The van der Waals surface area contributed by atoms with Gasteiger partial charge in [0.15, 0.2) is 0 Å². The van der Waals surface area contributed by atoms with Crippen LogP contribution in [0.4, 0.5) is 4.39 Å². The van der Waals surface area contributed by atoms with E-state index in [1.54, 1.807) is 12.3 Å². The van der Waals surface area contributed by atoms with Crippen molar-refractivity contribution in [2.45, 2.75) is 45.4 Å². The Morgan fingerprint density at radius 2 is 1.62 bits per heavy atom. The van der Waals surface area contributed by atoms with Crippen molar-refractivity contribution in [1.29, 1.82) is 0 Å². The van der Waals surface area contributed by atoms with Gasteiger partial charge in [0, 0.05) is 11.6 Å². The summed E-state index contributed by atoms with van der Waals surface area (Å²) < 4.78 is 13.9. The molecule has 3 rings (SSSR count). The highest BCUT2D eigenvalue weighted by atomic mass is 19.1. The van der Waals surface area contributed by atoms with E-state index in [4.69, 9.17) is 0 Å². The molecule has 0 fully saturated rings. The third kappa shape index (κ3) is 3.48. The summed E-state index contributed by atoms with van der Waals surface area (Å²) in [6, 6.07) is 15.9. The minimum atomic E-state index is -0.243. The lowest BCUT2D eigenvalue weighted by Crippen LogP contribution is -2.14. The number of aryl methyl sites for hydroxylation is 2. The molecule has 0 radical (unpaired) electrons. The molecule has 2 aromatic carbocycles. The minimum Gasteiger partial charge on any atom is -0.253 e. The fourth-order valence-electron chi connectivity index (χ4n) is 3.35. The normalized spacial score (nSPS) is 11.8. The molecule has 0 bridgehead atoms. The third-order valence-corrected chi connectivity index (χ3v) is 4.53. The Morgan fingerprint density at radius 1 is 0.875 bits per heavy atom. The number of aromatic nitrogens is 1. The molecule has 0 aliphatic rings. The second-order valence-corrected chi connectivity index (χ2v) is 7.37. The lowest BCUT2D eigenvalue weighted by Gasteiger charge is -2.23. The third-order valence-electron chi connectivity index (χ3n) is 4.53. The monoisotopic (exact) mass is 321 g/mol. The van der Waals surface area contributed by atoms with Crippen LogP contribution in [0.1, 0.15) is 43.9 Å². The molecule has 1 nitrogen and oxygen atoms in total. The van der Waals surface area contributed by atoms with Crippen LogP contribution in [0.15, 0.2) is 54.7 Å². The van der Waals surface area contributed by atoms with Crippen LogP contribution in [-0.2, 0) is 18.3 Å². The van der Waals surface area contributed by atoms with Gasteiger partial charge in [-0.25, -0.2) is 4.39 Å². The maximum atomic E-state index is 13.9. The average Bonchev–Trinajstić information content (AvgIpc) is 2.55. The summed E-state index contributed by atoms with van der Waals surface area (Å²) in [4.78, 5) is 4.18. The van der Waals surface area contributed by atoms with E-state index in [1.165, 1.54) is 22.8 Å². The summed E-state index contributed by atoms with van der Waals surface area (Å²) in [5.41, 5.74) is 4.63. The van der Waals surface area contributed by atoms with Crippen LogP contribution in [0.25, 0.3) is 10.9 Å². The first-order valence-electron chi connectivity index (χ1n) is 8.57. The smallest absolute Gasteiger partial charge is 0.149 e. The first-order valence-corrected chi connectivity index (χ1v) is 8.57. The standard InChI is InChI=1S/C22H24FN/c1-22(2,3)19-12-5-4-8-17(19)10-6-9-16-14-15-24-21-18(16)11-7-13-20(21)23/h4-5,7-8,11-15H,6,9-10H2,1-3H3. The van der Waals surface area contributed by atoms with Gasteiger partial charge in [0.2, 0.25) is 0 Å². The van der Waals surface area contributed by atoms with E-state index in [0.29, 0.717) is 5.52 Å². The van der Waals surface area contributed by atoms with E-state index < -0.39 is 0 Å². The van der Waals surface area contributed by atoms with Crippen LogP contribution in [0.5, 0.6) is 0 Å². The largest absolute Gasteiger partial charge is 0.253 e. The number of hydrogen-bond donors (Lipinski definition) is 0. The molecule has 0 amide bonds. The first-order chi connectivity index (χ1) is 11.5. The Kier molecular flexibility index (Phi) is 4.66. The Bertz CT molecular complexity index is 846. The molecule has 0 saturated heterocycles. The predicted octanol–water partition coefficient (Wildman–Crippen LogP) is 5.85. The van der Waals surface area contributed by atoms with Gasteiger partial charge < -0.3 is 0 Å². The van der Waals surface area contributed by atoms with Gasteiger partial charge in [-0.2, -0.15) is 0 Å². The van der Waals surface area contributed by atoms with E-state index in [1.807, 2.05) is 12.1 Å². The van der Waals surface area contributed by atoms with Gasteiger partial charge in [0.05, 0.1) is 0 Å². The predicted molar refractivity (Wildman–Crippen MR) is 98.9 cm³/mol. The molecule has 0 saturated carbocycles. The molecule has 0 N–H and O–H groups in total. The summed E-state index contributed by atoms with van der Waals surface area (Å²) in [6.45, 7) is 6.76. The highest BCUT2D eigenvalue weighted by Crippen LogP contribution is 2.27. The molecule has 1 heterocycles. The summed E-state index contributed by atoms with van der Waals surface area (Å²) in [7, 11) is 0. The topological polar surface area (TPSA) is 12.9 Å². The zero-order valence-corrected chi connectivity index (χ0v) is 14.6. The van der Waals surface area contributed by atoms with Crippen molar-refractivity contribution in [1.82, 2.24) is 4.98 Å². The van der Waals surface area contributed by atoms with Crippen molar-refractivity contribution in [3.8, 4) is 0 Å². The second-order valence-electron chi connectivity index (χ2n) is 7.37. The quantitative estimate of drug-likeness (QED) is 0.587. The van der Waals surface area contributed by atoms with Crippen LogP contribution >= 0.6 is 0 Å². The van der Waals surface area contributed by atoms with Crippen LogP contribution in [0.3, 0.4) is 0 Å². The van der Waals surface area contributed by atoms with Gasteiger partial charge in [-0.15, -0.1) is 0 Å². The highest BCUT2D eigenvalue weighted by molar-refractivity contribution is 5.82. The molecule has 0 spiro atoms. The van der Waals surface area contributed by atoms with E-state index in [9.17, 15) is 4.39 Å². The van der Waals surface area contributed by atoms with Crippen molar-refractivity contribution in [2.75, 3.05) is 0 Å². The number of benzene rings is 2. The van der Waals surface area contributed by atoms with Crippen LogP contribution < -0.4 is 0 Å². The Hall–Kier alpha value is -2.22. The molecule has 0 unspecified atom stereocenters. The molecule has 24 heavy (non-hydrogen) atoms. The number of fused-ring (bicyclic) bond motifs is 1. The number of nitrogens with zero attached hydrogens (tertiary/aromatic N) is 1. The average molecular weight is 321 g/mol. The lowest BCUT2D eigenvalue weighted by atomic mass is 9.82. The van der Waals surface area contributed by atoms with Crippen LogP contribution in [0, 0.1) is 5.82 Å². The summed E-state index contributed by atoms with van der Waals surface area (Å²) in [5.74, 6) is -0.243. The van der Waals surface area contributed by atoms with Crippen LogP contribution in [0.2, 0.25) is 0 Å². The lowest BCUT2D eigenvalue weighted by molar-refractivity contribution is 0.580. The highest BCUT2D eigenvalue weighted by Gasteiger charge is 2.17. The van der Waals surface area contributed by atoms with Crippen molar-refractivity contribution >= 4 is 10.9 Å². The van der Waals surface area contributed by atoms with Crippen molar-refractivity contribution in [3.05, 3.63) is 77.2 Å². The van der Waals surface area contributed by atoms with E-state index in [-0.39, 0.29) is 11.2 Å². The van der Waals surface area contributed by atoms with Crippen molar-refractivity contribution in [3.63, 3.8) is 0 Å². The van der Waals surface area contributed by atoms with Gasteiger partial charge >= 0.3 is 0 Å². The zero-order chi connectivity index (χ0) is 17.2. The molecular formula is C22H24FN. The Labute approximate surface area is 143 Å². The minimum absolute atomic E-state index is 0.156.